The number of benzene rings is 2. The second-order valence-corrected chi connectivity index (χ2v) is 6.91. The first-order valence-corrected chi connectivity index (χ1v) is 9.22. The van der Waals surface area contributed by atoms with Gasteiger partial charge in [-0.1, -0.05) is 60.7 Å². The predicted molar refractivity (Wildman–Crippen MR) is 101 cm³/mol. The highest BCUT2D eigenvalue weighted by Gasteiger charge is 2.36. The minimum atomic E-state index is -0.931. The van der Waals surface area contributed by atoms with Crippen molar-refractivity contribution in [2.24, 2.45) is 0 Å². The third-order valence-electron chi connectivity index (χ3n) is 4.92. The van der Waals surface area contributed by atoms with Crippen molar-refractivity contribution in [2.75, 3.05) is 0 Å². The number of ketones is 2. The van der Waals surface area contributed by atoms with Gasteiger partial charge in [-0.25, -0.2) is 0 Å². The number of carbonyl (C=O) groups excluding carboxylic acids is 2. The monoisotopic (exact) mass is 368 g/mol. The number of aliphatic hydroxyl groups is 2. The molecule has 142 valence electrons. The van der Waals surface area contributed by atoms with Gasteiger partial charge in [0.15, 0.2) is 11.6 Å². The van der Waals surface area contributed by atoms with Crippen molar-refractivity contribution in [3.8, 4) is 0 Å². The summed E-state index contributed by atoms with van der Waals surface area (Å²) in [5.74, 6) is -0.287. The molecule has 2 N–H and O–H groups in total. The van der Waals surface area contributed by atoms with Gasteiger partial charge in [0.2, 0.25) is 0 Å². The average molecular weight is 368 g/mol. The molecule has 5 heteroatoms. The molecule has 2 aromatic carbocycles. The van der Waals surface area contributed by atoms with E-state index in [0.717, 1.165) is 0 Å². The van der Waals surface area contributed by atoms with E-state index in [0.29, 0.717) is 24.0 Å². The van der Waals surface area contributed by atoms with E-state index in [9.17, 15) is 19.8 Å². The lowest BCUT2D eigenvalue weighted by Gasteiger charge is -2.21. The molecule has 0 aliphatic carbocycles. The van der Waals surface area contributed by atoms with Gasteiger partial charge >= 0.3 is 0 Å². The predicted octanol–water partition coefficient (Wildman–Crippen LogP) is 2.80. The number of ether oxygens (including phenoxy) is 1. The van der Waals surface area contributed by atoms with E-state index in [1.165, 1.54) is 0 Å². The molecule has 0 saturated carbocycles. The van der Waals surface area contributed by atoms with Gasteiger partial charge in [-0.05, 0) is 12.8 Å². The molecule has 1 heterocycles. The summed E-state index contributed by atoms with van der Waals surface area (Å²) in [5, 5.41) is 20.7. The van der Waals surface area contributed by atoms with E-state index >= 15 is 0 Å². The first-order valence-electron chi connectivity index (χ1n) is 9.22. The Morgan fingerprint density at radius 1 is 0.778 bits per heavy atom. The zero-order chi connectivity index (χ0) is 19.2. The Kier molecular flexibility index (Phi) is 6.50. The van der Waals surface area contributed by atoms with Crippen LogP contribution in [0.4, 0.5) is 0 Å². The highest BCUT2D eigenvalue weighted by atomic mass is 16.5. The molecule has 1 fully saturated rings. The fourth-order valence-corrected chi connectivity index (χ4v) is 3.38. The highest BCUT2D eigenvalue weighted by Crippen LogP contribution is 2.27. The van der Waals surface area contributed by atoms with Gasteiger partial charge in [0.25, 0.3) is 0 Å². The van der Waals surface area contributed by atoms with Crippen LogP contribution in [0.5, 0.6) is 0 Å². The van der Waals surface area contributed by atoms with E-state index in [2.05, 4.69) is 0 Å². The summed E-state index contributed by atoms with van der Waals surface area (Å²) in [5.41, 5.74) is 1.11. The Morgan fingerprint density at radius 3 is 1.52 bits per heavy atom. The topological polar surface area (TPSA) is 83.8 Å². The smallest absolute Gasteiger partial charge is 0.165 e. The van der Waals surface area contributed by atoms with E-state index < -0.39 is 24.4 Å². The first-order chi connectivity index (χ1) is 13.0. The molecule has 0 radical (unpaired) electrons. The van der Waals surface area contributed by atoms with E-state index in [-0.39, 0.29) is 24.4 Å². The zero-order valence-electron chi connectivity index (χ0n) is 15.0. The van der Waals surface area contributed by atoms with Crippen LogP contribution in [0, 0.1) is 0 Å². The second kappa shape index (κ2) is 9.04. The Labute approximate surface area is 158 Å². The van der Waals surface area contributed by atoms with Gasteiger partial charge in [-0.15, -0.1) is 0 Å². The van der Waals surface area contributed by atoms with Crippen molar-refractivity contribution < 1.29 is 24.5 Å². The minimum absolute atomic E-state index is 0.0273. The Bertz CT molecular complexity index is 693. The molecule has 1 aliphatic heterocycles. The molecule has 2 unspecified atom stereocenters. The van der Waals surface area contributed by atoms with Crippen LogP contribution in [0.15, 0.2) is 60.7 Å². The number of Topliss-reactive ketones (excluding diaryl/α,β-unsaturated/α-hetero) is 2. The van der Waals surface area contributed by atoms with Crippen molar-refractivity contribution in [3.05, 3.63) is 71.8 Å². The highest BCUT2D eigenvalue weighted by molar-refractivity contribution is 5.96. The molecule has 0 aromatic heterocycles. The third-order valence-corrected chi connectivity index (χ3v) is 4.92. The summed E-state index contributed by atoms with van der Waals surface area (Å²) in [6, 6.07) is 17.6. The fourth-order valence-electron chi connectivity index (χ4n) is 3.38. The maximum absolute atomic E-state index is 12.2. The summed E-state index contributed by atoms with van der Waals surface area (Å²) in [6.45, 7) is 0. The minimum Gasteiger partial charge on any atom is -0.390 e. The van der Waals surface area contributed by atoms with Crippen LogP contribution in [0.2, 0.25) is 0 Å². The van der Waals surface area contributed by atoms with Crippen molar-refractivity contribution in [3.63, 3.8) is 0 Å². The summed E-state index contributed by atoms with van der Waals surface area (Å²) in [6.07, 6.45) is -1.84. The summed E-state index contributed by atoms with van der Waals surface area (Å²) < 4.78 is 5.75. The number of hydrogen-bond donors (Lipinski definition) is 2. The maximum Gasteiger partial charge on any atom is 0.165 e. The first kappa shape index (κ1) is 19.4. The quantitative estimate of drug-likeness (QED) is 0.700. The lowest BCUT2D eigenvalue weighted by molar-refractivity contribution is -0.0736. The Morgan fingerprint density at radius 2 is 1.15 bits per heavy atom. The standard InChI is InChI=1S/C22H24O5/c23-17(15-7-3-1-4-8-15)13-19(25)21-11-12-22(27-21)20(26)14-18(24)16-9-5-2-6-10-16/h1-10,19-22,25-26H,11-14H2/t19?,20?,21-,22+. The van der Waals surface area contributed by atoms with Gasteiger partial charge in [0.05, 0.1) is 24.4 Å². The Hall–Kier alpha value is -2.34. The second-order valence-electron chi connectivity index (χ2n) is 6.91. The fraction of sp³-hybridized carbons (Fsp3) is 0.364. The van der Waals surface area contributed by atoms with Crippen molar-refractivity contribution in [1.29, 1.82) is 0 Å². The van der Waals surface area contributed by atoms with E-state index in [1.807, 2.05) is 12.1 Å². The molecular weight excluding hydrogens is 344 g/mol. The van der Waals surface area contributed by atoms with E-state index in [1.54, 1.807) is 48.5 Å². The van der Waals surface area contributed by atoms with Gasteiger partial charge in [0.1, 0.15) is 0 Å². The summed E-state index contributed by atoms with van der Waals surface area (Å²) >= 11 is 0. The molecular formula is C22H24O5. The summed E-state index contributed by atoms with van der Waals surface area (Å²) in [7, 11) is 0. The van der Waals surface area contributed by atoms with Gasteiger partial charge in [0, 0.05) is 24.0 Å². The van der Waals surface area contributed by atoms with Crippen LogP contribution in [0.25, 0.3) is 0 Å². The molecule has 0 spiro atoms. The van der Waals surface area contributed by atoms with Gasteiger partial charge < -0.3 is 14.9 Å². The van der Waals surface area contributed by atoms with E-state index in [4.69, 9.17) is 4.74 Å². The molecule has 27 heavy (non-hydrogen) atoms. The molecule has 4 atom stereocenters. The van der Waals surface area contributed by atoms with Gasteiger partial charge in [-0.3, -0.25) is 9.59 Å². The summed E-state index contributed by atoms with van der Waals surface area (Å²) in [4.78, 5) is 24.4. The van der Waals surface area contributed by atoms with Crippen molar-refractivity contribution in [2.45, 2.75) is 50.1 Å². The number of aliphatic hydroxyl groups excluding tert-OH is 2. The largest absolute Gasteiger partial charge is 0.390 e. The number of hydrogen-bond acceptors (Lipinski definition) is 5. The molecule has 3 rings (SSSR count). The lowest BCUT2D eigenvalue weighted by atomic mass is 9.99. The molecule has 0 amide bonds. The maximum atomic E-state index is 12.2. The van der Waals surface area contributed by atoms with Crippen LogP contribution in [0.1, 0.15) is 46.4 Å². The van der Waals surface area contributed by atoms with Crippen molar-refractivity contribution in [1.82, 2.24) is 0 Å². The van der Waals surface area contributed by atoms with Crippen LogP contribution in [-0.4, -0.2) is 46.2 Å². The normalized spacial score (nSPS) is 21.6. The Balaban J connectivity index is 1.50. The van der Waals surface area contributed by atoms with Gasteiger partial charge in [-0.2, -0.15) is 0 Å². The SMILES string of the molecule is O=C(CC(O)[C@@H]1CC[C@H](C(O)CC(=O)c2ccccc2)O1)c1ccccc1. The number of rotatable bonds is 8. The van der Waals surface area contributed by atoms with Crippen LogP contribution >= 0.6 is 0 Å². The van der Waals surface area contributed by atoms with Crippen molar-refractivity contribution >= 4 is 11.6 Å². The molecule has 1 saturated heterocycles. The van der Waals surface area contributed by atoms with Crippen LogP contribution < -0.4 is 0 Å². The third kappa shape index (κ3) is 5.10. The van der Waals surface area contributed by atoms with Crippen LogP contribution in [0.3, 0.4) is 0 Å². The average Bonchev–Trinajstić information content (AvgIpc) is 3.20. The zero-order valence-corrected chi connectivity index (χ0v) is 15.0. The molecule has 0 bridgehead atoms. The molecule has 5 nitrogen and oxygen atoms in total. The molecule has 1 aliphatic rings. The van der Waals surface area contributed by atoms with Crippen LogP contribution in [-0.2, 0) is 4.74 Å². The molecule has 2 aromatic rings. The number of carbonyl (C=O) groups is 2. The lowest BCUT2D eigenvalue weighted by Crippen LogP contribution is -2.33.